The van der Waals surface area contributed by atoms with E-state index in [1.54, 1.807) is 35.6 Å². The highest BCUT2D eigenvalue weighted by atomic mass is 35.5. The van der Waals surface area contributed by atoms with Crippen molar-refractivity contribution in [2.75, 3.05) is 6.26 Å². The zero-order valence-corrected chi connectivity index (χ0v) is 12.2. The smallest absolute Gasteiger partial charge is 0.175 e. The summed E-state index contributed by atoms with van der Waals surface area (Å²) in [5.74, 6) is 0. The van der Waals surface area contributed by atoms with E-state index in [9.17, 15) is 8.42 Å². The van der Waals surface area contributed by atoms with Crippen molar-refractivity contribution < 1.29 is 8.42 Å². The summed E-state index contributed by atoms with van der Waals surface area (Å²) < 4.78 is 22.6. The molecule has 18 heavy (non-hydrogen) atoms. The van der Waals surface area contributed by atoms with Gasteiger partial charge in [-0.2, -0.15) is 11.3 Å². The van der Waals surface area contributed by atoms with Crippen LogP contribution in [0.3, 0.4) is 0 Å². The third-order valence-electron chi connectivity index (χ3n) is 2.57. The van der Waals surface area contributed by atoms with E-state index in [2.05, 4.69) is 0 Å². The normalized spacial score (nSPS) is 12.8. The first kappa shape index (κ1) is 15.2. The summed E-state index contributed by atoms with van der Waals surface area (Å²) in [7, 11) is -3.14. The van der Waals surface area contributed by atoms with Crippen LogP contribution in [0.5, 0.6) is 0 Å². The molecule has 0 unspecified atom stereocenters. The molecule has 0 saturated heterocycles. The predicted molar refractivity (Wildman–Crippen MR) is 77.1 cm³/mol. The molecule has 0 fully saturated rings. The van der Waals surface area contributed by atoms with Crippen LogP contribution in [0.1, 0.15) is 17.2 Å². The Kier molecular flexibility index (Phi) is 4.92. The summed E-state index contributed by atoms with van der Waals surface area (Å²) in [6.07, 6.45) is 1.20. The van der Waals surface area contributed by atoms with Gasteiger partial charge in [-0.3, -0.25) is 0 Å². The lowest BCUT2D eigenvalue weighted by molar-refractivity contribution is 0.602. The Labute approximate surface area is 117 Å². The van der Waals surface area contributed by atoms with Crippen LogP contribution in [0, 0.1) is 0 Å². The molecule has 98 valence electrons. The highest BCUT2D eigenvalue weighted by Crippen LogP contribution is 2.22. The summed E-state index contributed by atoms with van der Waals surface area (Å²) >= 11 is 1.59. The van der Waals surface area contributed by atoms with Crippen LogP contribution in [-0.4, -0.2) is 14.7 Å². The average molecular weight is 304 g/mol. The molecule has 3 nitrogen and oxygen atoms in total. The quantitative estimate of drug-likeness (QED) is 0.948. The minimum Gasteiger partial charge on any atom is -0.320 e. The lowest BCUT2D eigenvalue weighted by atomic mass is 10.0. The molecule has 2 aromatic rings. The summed E-state index contributed by atoms with van der Waals surface area (Å²) in [6.45, 7) is 0. The first-order chi connectivity index (χ1) is 7.98. The van der Waals surface area contributed by atoms with Crippen LogP contribution in [-0.2, 0) is 9.84 Å². The second-order valence-corrected chi connectivity index (χ2v) is 6.67. The van der Waals surface area contributed by atoms with Crippen molar-refractivity contribution in [2.45, 2.75) is 10.9 Å². The van der Waals surface area contributed by atoms with E-state index in [0.29, 0.717) is 4.90 Å². The Morgan fingerprint density at radius 1 is 1.11 bits per heavy atom. The van der Waals surface area contributed by atoms with Gasteiger partial charge in [-0.1, -0.05) is 12.1 Å². The van der Waals surface area contributed by atoms with Gasteiger partial charge in [0.15, 0.2) is 9.84 Å². The number of hydrogen-bond acceptors (Lipinski definition) is 4. The maximum atomic E-state index is 11.3. The van der Waals surface area contributed by atoms with Gasteiger partial charge in [-0.05, 0) is 40.1 Å². The molecule has 2 N–H and O–H groups in total. The topological polar surface area (TPSA) is 60.2 Å². The molecule has 0 bridgehead atoms. The number of halogens is 1. The number of hydrogen-bond donors (Lipinski definition) is 1. The molecule has 0 aliphatic heterocycles. The Hall–Kier alpha value is -0.880. The summed E-state index contributed by atoms with van der Waals surface area (Å²) in [5, 5.41) is 3.97. The van der Waals surface area contributed by atoms with E-state index in [0.717, 1.165) is 11.1 Å². The highest BCUT2D eigenvalue weighted by Gasteiger charge is 2.11. The maximum Gasteiger partial charge on any atom is 0.175 e. The zero-order valence-electron chi connectivity index (χ0n) is 9.74. The SMILES string of the molecule is CS(=O)(=O)c1ccc([C@@H](N)c2ccsc2)cc1.Cl. The molecule has 6 heteroatoms. The van der Waals surface area contributed by atoms with Crippen molar-refractivity contribution in [3.8, 4) is 0 Å². The minimum absolute atomic E-state index is 0. The molecule has 0 amide bonds. The van der Waals surface area contributed by atoms with Gasteiger partial charge in [0, 0.05) is 6.26 Å². The Morgan fingerprint density at radius 3 is 2.17 bits per heavy atom. The second-order valence-electron chi connectivity index (χ2n) is 3.88. The van der Waals surface area contributed by atoms with Gasteiger partial charge in [0.1, 0.15) is 0 Å². The molecule has 0 radical (unpaired) electrons. The number of sulfone groups is 1. The van der Waals surface area contributed by atoms with E-state index in [1.807, 2.05) is 16.8 Å². The molecule has 0 aliphatic rings. The van der Waals surface area contributed by atoms with Gasteiger partial charge in [0.25, 0.3) is 0 Å². The maximum absolute atomic E-state index is 11.3. The lowest BCUT2D eigenvalue weighted by Gasteiger charge is -2.10. The van der Waals surface area contributed by atoms with Crippen molar-refractivity contribution in [3.05, 3.63) is 52.2 Å². The van der Waals surface area contributed by atoms with Gasteiger partial charge in [-0.25, -0.2) is 8.42 Å². The number of thiophene rings is 1. The van der Waals surface area contributed by atoms with Crippen LogP contribution in [0.25, 0.3) is 0 Å². The van der Waals surface area contributed by atoms with Crippen molar-refractivity contribution in [2.24, 2.45) is 5.73 Å². The fourth-order valence-corrected chi connectivity index (χ4v) is 2.89. The molecule has 1 heterocycles. The molecule has 1 atom stereocenters. The second kappa shape index (κ2) is 5.84. The van der Waals surface area contributed by atoms with Crippen molar-refractivity contribution in [1.29, 1.82) is 0 Å². The Balaban J connectivity index is 0.00000162. The van der Waals surface area contributed by atoms with Crippen LogP contribution >= 0.6 is 23.7 Å². The van der Waals surface area contributed by atoms with Gasteiger partial charge in [-0.15, -0.1) is 12.4 Å². The van der Waals surface area contributed by atoms with Gasteiger partial charge in [0.05, 0.1) is 10.9 Å². The molecule has 1 aromatic carbocycles. The zero-order chi connectivity index (χ0) is 12.5. The minimum atomic E-state index is -3.14. The van der Waals surface area contributed by atoms with Crippen LogP contribution < -0.4 is 5.73 Å². The number of benzene rings is 1. The summed E-state index contributed by atoms with van der Waals surface area (Å²) in [6, 6.07) is 8.49. The molecular formula is C12H14ClNO2S2. The van der Waals surface area contributed by atoms with E-state index in [1.165, 1.54) is 6.26 Å². The molecule has 0 spiro atoms. The third-order valence-corrected chi connectivity index (χ3v) is 4.40. The van der Waals surface area contributed by atoms with Crippen LogP contribution in [0.4, 0.5) is 0 Å². The monoisotopic (exact) mass is 303 g/mol. The molecular weight excluding hydrogens is 290 g/mol. The summed E-state index contributed by atoms with van der Waals surface area (Å²) in [5.41, 5.74) is 8.03. The lowest BCUT2D eigenvalue weighted by Crippen LogP contribution is -2.11. The largest absolute Gasteiger partial charge is 0.320 e. The molecule has 0 saturated carbocycles. The van der Waals surface area contributed by atoms with Crippen molar-refractivity contribution >= 4 is 33.6 Å². The van der Waals surface area contributed by atoms with Gasteiger partial charge < -0.3 is 5.73 Å². The highest BCUT2D eigenvalue weighted by molar-refractivity contribution is 7.90. The average Bonchev–Trinajstić information content (AvgIpc) is 2.80. The van der Waals surface area contributed by atoms with Gasteiger partial charge in [0.2, 0.25) is 0 Å². The third kappa shape index (κ3) is 3.32. The van der Waals surface area contributed by atoms with Crippen LogP contribution in [0.2, 0.25) is 0 Å². The fourth-order valence-electron chi connectivity index (χ4n) is 1.57. The van der Waals surface area contributed by atoms with E-state index in [-0.39, 0.29) is 18.4 Å². The Morgan fingerprint density at radius 2 is 1.72 bits per heavy atom. The number of rotatable bonds is 3. The van der Waals surface area contributed by atoms with E-state index < -0.39 is 9.84 Å². The Bertz CT molecular complexity index is 592. The molecule has 0 aliphatic carbocycles. The molecule has 2 rings (SSSR count). The van der Waals surface area contributed by atoms with Crippen molar-refractivity contribution in [1.82, 2.24) is 0 Å². The molecule has 1 aromatic heterocycles. The predicted octanol–water partition coefficient (Wildman–Crippen LogP) is 2.62. The first-order valence-electron chi connectivity index (χ1n) is 5.06. The van der Waals surface area contributed by atoms with E-state index in [4.69, 9.17) is 5.73 Å². The summed E-state index contributed by atoms with van der Waals surface area (Å²) in [4.78, 5) is 0.318. The van der Waals surface area contributed by atoms with Crippen molar-refractivity contribution in [3.63, 3.8) is 0 Å². The van der Waals surface area contributed by atoms with Gasteiger partial charge >= 0.3 is 0 Å². The number of nitrogens with two attached hydrogens (primary N) is 1. The fraction of sp³-hybridized carbons (Fsp3) is 0.167. The first-order valence-corrected chi connectivity index (χ1v) is 7.89. The standard InChI is InChI=1S/C12H13NO2S2.ClH/c1-17(14,15)11-4-2-9(3-5-11)12(13)10-6-7-16-8-10;/h2-8,12H,13H2,1H3;1H/t12-;/m1./s1. The van der Waals surface area contributed by atoms with E-state index >= 15 is 0 Å². The van der Waals surface area contributed by atoms with Crippen LogP contribution in [0.15, 0.2) is 46.0 Å².